The van der Waals surface area contributed by atoms with Crippen molar-refractivity contribution in [3.05, 3.63) is 88.4 Å². The highest BCUT2D eigenvalue weighted by atomic mass is 35.5. The maximum atomic E-state index is 13.1. The lowest BCUT2D eigenvalue weighted by molar-refractivity contribution is 0.102. The number of rotatable bonds is 6. The van der Waals surface area contributed by atoms with Crippen LogP contribution in [0.2, 0.25) is 5.02 Å². The van der Waals surface area contributed by atoms with Gasteiger partial charge in [-0.05, 0) is 48.4 Å². The van der Waals surface area contributed by atoms with Gasteiger partial charge in [-0.3, -0.25) is 10.1 Å². The molecular formula is C23H20ClN3O3S2. The first-order valence-electron chi connectivity index (χ1n) is 9.72. The third-order valence-corrected chi connectivity index (χ3v) is 7.97. The molecule has 0 aliphatic rings. The molecule has 0 unspecified atom stereocenters. The molecule has 4 aromatic rings. The Balaban J connectivity index is 1.59. The van der Waals surface area contributed by atoms with Gasteiger partial charge in [-0.1, -0.05) is 59.3 Å². The molecular weight excluding hydrogens is 466 g/mol. The van der Waals surface area contributed by atoms with Gasteiger partial charge in [0.15, 0.2) is 5.13 Å². The predicted octanol–water partition coefficient (Wildman–Crippen LogP) is 5.33. The zero-order chi connectivity index (χ0) is 22.9. The van der Waals surface area contributed by atoms with Crippen molar-refractivity contribution in [3.63, 3.8) is 0 Å². The minimum Gasteiger partial charge on any atom is -0.298 e. The molecule has 0 spiro atoms. The summed E-state index contributed by atoms with van der Waals surface area (Å²) in [6.45, 7) is 2.19. The fraction of sp³-hybridized carbons (Fsp3) is 0.130. The first-order valence-corrected chi connectivity index (χ1v) is 12.4. The molecule has 164 valence electrons. The van der Waals surface area contributed by atoms with E-state index in [2.05, 4.69) is 10.3 Å². The van der Waals surface area contributed by atoms with Crippen molar-refractivity contribution in [2.75, 3.05) is 12.4 Å². The van der Waals surface area contributed by atoms with Crippen LogP contribution in [0.15, 0.2) is 71.6 Å². The average molecular weight is 486 g/mol. The molecule has 1 amide bonds. The highest BCUT2D eigenvalue weighted by molar-refractivity contribution is 7.89. The number of nitrogens with one attached hydrogen (secondary N) is 1. The Bertz CT molecular complexity index is 1400. The summed E-state index contributed by atoms with van der Waals surface area (Å²) < 4.78 is 28.3. The molecule has 32 heavy (non-hydrogen) atoms. The number of hydrogen-bond acceptors (Lipinski definition) is 5. The molecule has 0 bridgehead atoms. The van der Waals surface area contributed by atoms with E-state index in [1.165, 1.54) is 40.9 Å². The number of carbonyl (C=O) groups is 1. The van der Waals surface area contributed by atoms with Crippen LogP contribution in [-0.2, 0) is 16.6 Å². The molecule has 0 fully saturated rings. The molecule has 4 rings (SSSR count). The number of amides is 1. The maximum Gasteiger partial charge on any atom is 0.259 e. The lowest BCUT2D eigenvalue weighted by atomic mass is 10.2. The van der Waals surface area contributed by atoms with Crippen molar-refractivity contribution in [3.8, 4) is 0 Å². The van der Waals surface area contributed by atoms with Gasteiger partial charge in [-0.15, -0.1) is 0 Å². The molecule has 0 aliphatic heterocycles. The quantitative estimate of drug-likeness (QED) is 0.400. The number of thiazole rings is 1. The van der Waals surface area contributed by atoms with Crippen molar-refractivity contribution in [1.29, 1.82) is 0 Å². The monoisotopic (exact) mass is 485 g/mol. The standard InChI is InChI=1S/C23H20ClN3O3S2/c1-15-8-11-20-21(12-15)31-23(25-20)26-22(28)18-13-17(9-10-19(18)24)32(29,30)27(2)14-16-6-4-3-5-7-16/h3-13H,14H2,1-2H3,(H,25,26,28). The Labute approximate surface area is 195 Å². The van der Waals surface area contributed by atoms with E-state index in [0.29, 0.717) is 5.13 Å². The summed E-state index contributed by atoms with van der Waals surface area (Å²) in [6.07, 6.45) is 0. The molecule has 0 aliphatic carbocycles. The maximum absolute atomic E-state index is 13.1. The third kappa shape index (κ3) is 4.68. The predicted molar refractivity (Wildman–Crippen MR) is 129 cm³/mol. The summed E-state index contributed by atoms with van der Waals surface area (Å²) in [5.74, 6) is -0.520. The second kappa shape index (κ2) is 8.99. The van der Waals surface area contributed by atoms with Gasteiger partial charge in [0.2, 0.25) is 10.0 Å². The van der Waals surface area contributed by atoms with E-state index in [1.807, 2.05) is 55.5 Å². The molecule has 0 saturated heterocycles. The zero-order valence-electron chi connectivity index (χ0n) is 17.4. The van der Waals surface area contributed by atoms with Gasteiger partial charge >= 0.3 is 0 Å². The van der Waals surface area contributed by atoms with Gasteiger partial charge < -0.3 is 0 Å². The highest BCUT2D eigenvalue weighted by Gasteiger charge is 2.24. The van der Waals surface area contributed by atoms with E-state index in [4.69, 9.17) is 11.6 Å². The topological polar surface area (TPSA) is 79.4 Å². The molecule has 3 aromatic carbocycles. The highest BCUT2D eigenvalue weighted by Crippen LogP contribution is 2.29. The van der Waals surface area contributed by atoms with Crippen LogP contribution in [0.4, 0.5) is 5.13 Å². The number of halogens is 1. The smallest absolute Gasteiger partial charge is 0.259 e. The molecule has 0 atom stereocenters. The normalized spacial score (nSPS) is 11.8. The summed E-state index contributed by atoms with van der Waals surface area (Å²) >= 11 is 7.57. The number of nitrogens with zero attached hydrogens (tertiary/aromatic N) is 2. The second-order valence-electron chi connectivity index (χ2n) is 7.33. The molecule has 1 heterocycles. The van der Waals surface area contributed by atoms with Gasteiger partial charge in [0.25, 0.3) is 5.91 Å². The van der Waals surface area contributed by atoms with Crippen LogP contribution in [0.1, 0.15) is 21.5 Å². The number of aromatic nitrogens is 1. The second-order valence-corrected chi connectivity index (χ2v) is 10.8. The van der Waals surface area contributed by atoms with Crippen molar-refractivity contribution in [2.45, 2.75) is 18.4 Å². The summed E-state index contributed by atoms with van der Waals surface area (Å²) in [7, 11) is -2.33. The van der Waals surface area contributed by atoms with Crippen molar-refractivity contribution < 1.29 is 13.2 Å². The summed E-state index contributed by atoms with van der Waals surface area (Å²) in [5.41, 5.74) is 2.80. The van der Waals surface area contributed by atoms with Crippen LogP contribution in [0, 0.1) is 6.92 Å². The largest absolute Gasteiger partial charge is 0.298 e. The average Bonchev–Trinajstić information content (AvgIpc) is 3.15. The SMILES string of the molecule is Cc1ccc2nc(NC(=O)c3cc(S(=O)(=O)N(C)Cc4ccccc4)ccc3Cl)sc2c1. The molecule has 1 aromatic heterocycles. The molecule has 0 radical (unpaired) electrons. The third-order valence-electron chi connectivity index (χ3n) is 4.90. The van der Waals surface area contributed by atoms with Crippen LogP contribution >= 0.6 is 22.9 Å². The number of benzene rings is 3. The first-order chi connectivity index (χ1) is 15.2. The molecule has 1 N–H and O–H groups in total. The Kier molecular flexibility index (Phi) is 6.30. The van der Waals surface area contributed by atoms with Crippen LogP contribution in [0.3, 0.4) is 0 Å². The number of fused-ring (bicyclic) bond motifs is 1. The van der Waals surface area contributed by atoms with E-state index in [9.17, 15) is 13.2 Å². The van der Waals surface area contributed by atoms with Gasteiger partial charge in [0.05, 0.1) is 25.7 Å². The van der Waals surface area contributed by atoms with E-state index < -0.39 is 15.9 Å². The van der Waals surface area contributed by atoms with Gasteiger partial charge in [-0.2, -0.15) is 4.31 Å². The summed E-state index contributed by atoms with van der Waals surface area (Å²) in [6, 6.07) is 19.2. The molecule has 9 heteroatoms. The fourth-order valence-electron chi connectivity index (χ4n) is 3.19. The van der Waals surface area contributed by atoms with E-state index in [-0.39, 0.29) is 22.0 Å². The van der Waals surface area contributed by atoms with Crippen LogP contribution in [0.5, 0.6) is 0 Å². The van der Waals surface area contributed by atoms with Gasteiger partial charge in [0, 0.05) is 13.6 Å². The van der Waals surface area contributed by atoms with Crippen molar-refractivity contribution >= 4 is 54.2 Å². The minimum absolute atomic E-state index is 0.00888. The van der Waals surface area contributed by atoms with Crippen LogP contribution < -0.4 is 5.32 Å². The van der Waals surface area contributed by atoms with E-state index in [1.54, 1.807) is 0 Å². The van der Waals surface area contributed by atoms with Crippen molar-refractivity contribution in [2.24, 2.45) is 0 Å². The van der Waals surface area contributed by atoms with Gasteiger partial charge in [-0.25, -0.2) is 13.4 Å². The van der Waals surface area contributed by atoms with E-state index >= 15 is 0 Å². The fourth-order valence-corrected chi connectivity index (χ4v) is 5.54. The Hall–Kier alpha value is -2.78. The van der Waals surface area contributed by atoms with Gasteiger partial charge in [0.1, 0.15) is 0 Å². The number of anilines is 1. The number of sulfonamides is 1. The van der Waals surface area contributed by atoms with E-state index in [0.717, 1.165) is 21.3 Å². The number of hydrogen-bond donors (Lipinski definition) is 1. The zero-order valence-corrected chi connectivity index (χ0v) is 19.8. The molecule has 0 saturated carbocycles. The number of carbonyl (C=O) groups excluding carboxylic acids is 1. The lowest BCUT2D eigenvalue weighted by Gasteiger charge is -2.18. The Morgan fingerprint density at radius 1 is 1.09 bits per heavy atom. The lowest BCUT2D eigenvalue weighted by Crippen LogP contribution is -2.27. The van der Waals surface area contributed by atoms with Crippen LogP contribution in [-0.4, -0.2) is 30.7 Å². The first kappa shape index (κ1) is 22.4. The molecule has 6 nitrogen and oxygen atoms in total. The van der Waals surface area contributed by atoms with Crippen LogP contribution in [0.25, 0.3) is 10.2 Å². The summed E-state index contributed by atoms with van der Waals surface area (Å²) in [5, 5.41) is 3.31. The summed E-state index contributed by atoms with van der Waals surface area (Å²) in [4.78, 5) is 17.3. The van der Waals surface area contributed by atoms with Crippen molar-refractivity contribution in [1.82, 2.24) is 9.29 Å². The minimum atomic E-state index is -3.83. The Morgan fingerprint density at radius 2 is 1.84 bits per heavy atom. The Morgan fingerprint density at radius 3 is 2.59 bits per heavy atom. The number of aryl methyl sites for hydroxylation is 1.